The van der Waals surface area contributed by atoms with Crippen molar-refractivity contribution in [2.75, 3.05) is 26.3 Å². The average Bonchev–Trinajstić information content (AvgIpc) is 3.17. The summed E-state index contributed by atoms with van der Waals surface area (Å²) in [6.45, 7) is 7.27. The van der Waals surface area contributed by atoms with E-state index in [2.05, 4.69) is 9.97 Å². The first kappa shape index (κ1) is 22.5. The summed E-state index contributed by atoms with van der Waals surface area (Å²) in [5.41, 5.74) is -0.451. The molecule has 2 atom stereocenters. The van der Waals surface area contributed by atoms with Gasteiger partial charge in [-0.1, -0.05) is 6.07 Å². The number of hydrogen-bond acceptors (Lipinski definition) is 6. The minimum absolute atomic E-state index is 0.0730. The van der Waals surface area contributed by atoms with E-state index in [9.17, 15) is 13.6 Å². The second kappa shape index (κ2) is 8.50. The Morgan fingerprint density at radius 1 is 1.09 bits per heavy atom. The number of likely N-dealkylation sites (tertiary alicyclic amines) is 1. The van der Waals surface area contributed by atoms with Crippen molar-refractivity contribution in [1.82, 2.24) is 19.4 Å². The average molecular weight is 472 g/mol. The zero-order valence-corrected chi connectivity index (χ0v) is 19.2. The zero-order chi connectivity index (χ0) is 24.0. The highest BCUT2D eigenvalue weighted by molar-refractivity contribution is 5.83. The highest BCUT2D eigenvalue weighted by Gasteiger charge is 2.44. The lowest BCUT2D eigenvalue weighted by atomic mass is 9.84. The van der Waals surface area contributed by atoms with Gasteiger partial charge in [0, 0.05) is 31.1 Å². The van der Waals surface area contributed by atoms with Crippen LogP contribution in [0.4, 0.5) is 13.6 Å². The van der Waals surface area contributed by atoms with E-state index in [0.29, 0.717) is 43.2 Å². The number of nitrogens with zero attached hydrogens (tertiary/aromatic N) is 4. The van der Waals surface area contributed by atoms with Gasteiger partial charge >= 0.3 is 6.09 Å². The minimum Gasteiger partial charge on any atom is -0.473 e. The number of para-hydroxylation sites is 1. The van der Waals surface area contributed by atoms with Gasteiger partial charge in [-0.15, -0.1) is 0 Å². The van der Waals surface area contributed by atoms with Crippen LogP contribution in [0.3, 0.4) is 0 Å². The van der Waals surface area contributed by atoms with Gasteiger partial charge in [-0.2, -0.15) is 0 Å². The molecule has 2 fully saturated rings. The number of carbonyl (C=O) groups excluding carboxylic acids is 1. The molecule has 0 radical (unpaired) electrons. The Morgan fingerprint density at radius 2 is 1.76 bits per heavy atom. The number of benzene rings is 1. The maximum absolute atomic E-state index is 14.4. The molecule has 5 rings (SSSR count). The third-order valence-corrected chi connectivity index (χ3v) is 6.03. The van der Waals surface area contributed by atoms with Gasteiger partial charge in [0.1, 0.15) is 35.4 Å². The summed E-state index contributed by atoms with van der Waals surface area (Å²) in [4.78, 5) is 22.9. The van der Waals surface area contributed by atoms with Crippen LogP contribution in [0, 0.1) is 23.5 Å². The smallest absolute Gasteiger partial charge is 0.410 e. The lowest BCUT2D eigenvalue weighted by Gasteiger charge is -2.46. The zero-order valence-electron chi connectivity index (χ0n) is 19.2. The van der Waals surface area contributed by atoms with E-state index in [0.717, 1.165) is 0 Å². The quantitative estimate of drug-likeness (QED) is 0.574. The van der Waals surface area contributed by atoms with Crippen LogP contribution in [0.5, 0.6) is 5.88 Å². The summed E-state index contributed by atoms with van der Waals surface area (Å²) >= 11 is 0. The Balaban J connectivity index is 1.41. The van der Waals surface area contributed by atoms with Gasteiger partial charge in [0.15, 0.2) is 5.65 Å². The molecule has 1 amide bonds. The topological polar surface area (TPSA) is 78.7 Å². The van der Waals surface area contributed by atoms with Crippen molar-refractivity contribution in [2.45, 2.75) is 32.5 Å². The van der Waals surface area contributed by atoms with E-state index < -0.39 is 17.2 Å². The van der Waals surface area contributed by atoms with Crippen LogP contribution in [-0.2, 0) is 9.47 Å². The van der Waals surface area contributed by atoms with Crippen LogP contribution in [0.15, 0.2) is 36.8 Å². The number of carbonyl (C=O) groups is 1. The van der Waals surface area contributed by atoms with E-state index in [1.165, 1.54) is 29.1 Å². The summed E-state index contributed by atoms with van der Waals surface area (Å²) in [5.74, 6) is -1.21. The van der Waals surface area contributed by atoms with E-state index >= 15 is 0 Å². The molecule has 4 heterocycles. The van der Waals surface area contributed by atoms with E-state index in [4.69, 9.17) is 14.2 Å². The first-order valence-corrected chi connectivity index (χ1v) is 11.2. The Morgan fingerprint density at radius 3 is 2.41 bits per heavy atom. The maximum Gasteiger partial charge on any atom is 0.410 e. The van der Waals surface area contributed by atoms with Crippen LogP contribution in [0.25, 0.3) is 16.7 Å². The van der Waals surface area contributed by atoms with Crippen molar-refractivity contribution in [3.63, 3.8) is 0 Å². The molecule has 2 aromatic heterocycles. The molecular formula is C24H26F2N4O4. The van der Waals surface area contributed by atoms with Gasteiger partial charge in [0.05, 0.1) is 18.6 Å². The summed E-state index contributed by atoms with van der Waals surface area (Å²) in [7, 11) is 0. The first-order chi connectivity index (χ1) is 16.2. The van der Waals surface area contributed by atoms with E-state index in [1.807, 2.05) is 20.8 Å². The van der Waals surface area contributed by atoms with Crippen LogP contribution in [-0.4, -0.2) is 63.5 Å². The molecule has 2 saturated heterocycles. The molecular weight excluding hydrogens is 446 g/mol. The molecule has 2 bridgehead atoms. The minimum atomic E-state index is -0.695. The summed E-state index contributed by atoms with van der Waals surface area (Å²) < 4.78 is 47.8. The molecule has 0 N–H and O–H groups in total. The predicted molar refractivity (Wildman–Crippen MR) is 119 cm³/mol. The third kappa shape index (κ3) is 4.18. The van der Waals surface area contributed by atoms with Crippen molar-refractivity contribution in [1.29, 1.82) is 0 Å². The number of fused-ring (bicyclic) bond motifs is 3. The summed E-state index contributed by atoms with van der Waals surface area (Å²) in [5, 5.41) is 0.540. The largest absolute Gasteiger partial charge is 0.473 e. The van der Waals surface area contributed by atoms with Gasteiger partial charge < -0.3 is 19.1 Å². The predicted octanol–water partition coefficient (Wildman–Crippen LogP) is 3.96. The molecule has 8 nitrogen and oxygen atoms in total. The van der Waals surface area contributed by atoms with E-state index in [1.54, 1.807) is 17.2 Å². The number of amides is 1. The highest BCUT2D eigenvalue weighted by Crippen LogP contribution is 2.34. The molecule has 0 saturated carbocycles. The second-order valence-electron chi connectivity index (χ2n) is 9.70. The molecule has 2 unspecified atom stereocenters. The van der Waals surface area contributed by atoms with Gasteiger partial charge in [0.2, 0.25) is 5.88 Å². The molecule has 0 aliphatic carbocycles. The van der Waals surface area contributed by atoms with Crippen molar-refractivity contribution in [2.24, 2.45) is 11.8 Å². The fourth-order valence-electron chi connectivity index (χ4n) is 4.62. The SMILES string of the molecule is CC(C)(C)OC(=O)N1CC2COCC(C1)C2Oc1ncnc2c1ccn2-c1c(F)cccc1F. The fraction of sp³-hybridized carbons (Fsp3) is 0.458. The summed E-state index contributed by atoms with van der Waals surface area (Å²) in [6, 6.07) is 5.39. The van der Waals surface area contributed by atoms with E-state index in [-0.39, 0.29) is 29.7 Å². The van der Waals surface area contributed by atoms with Crippen LogP contribution in [0.2, 0.25) is 0 Å². The lowest BCUT2D eigenvalue weighted by Crippen LogP contribution is -2.59. The van der Waals surface area contributed by atoms with Gasteiger partial charge in [-0.3, -0.25) is 4.57 Å². The molecule has 34 heavy (non-hydrogen) atoms. The normalized spacial score (nSPS) is 22.6. The molecule has 2 aliphatic heterocycles. The number of hydrogen-bond donors (Lipinski definition) is 0. The molecule has 3 aromatic rings. The Hall–Kier alpha value is -3.27. The Labute approximate surface area is 195 Å². The third-order valence-electron chi connectivity index (χ3n) is 6.03. The van der Waals surface area contributed by atoms with Crippen LogP contribution in [0.1, 0.15) is 20.8 Å². The number of rotatable bonds is 3. The van der Waals surface area contributed by atoms with Crippen molar-refractivity contribution >= 4 is 17.1 Å². The van der Waals surface area contributed by atoms with Crippen LogP contribution < -0.4 is 4.74 Å². The molecule has 1 aromatic carbocycles. The van der Waals surface area contributed by atoms with Crippen molar-refractivity contribution < 1.29 is 27.8 Å². The van der Waals surface area contributed by atoms with Crippen molar-refractivity contribution in [3.05, 3.63) is 48.4 Å². The first-order valence-electron chi connectivity index (χ1n) is 11.2. The monoisotopic (exact) mass is 472 g/mol. The number of ether oxygens (including phenoxy) is 3. The number of piperidine rings is 1. The van der Waals surface area contributed by atoms with Crippen molar-refractivity contribution in [3.8, 4) is 11.6 Å². The van der Waals surface area contributed by atoms with Crippen LogP contribution >= 0.6 is 0 Å². The highest BCUT2D eigenvalue weighted by atomic mass is 19.1. The van der Waals surface area contributed by atoms with Gasteiger partial charge in [-0.05, 0) is 39.0 Å². The molecule has 180 valence electrons. The standard InChI is InChI=1S/C24H26F2N4O4/c1-24(2,3)34-23(31)29-9-14-11-32-12-15(10-29)20(14)33-22-16-7-8-30(21(16)27-13-28-22)19-17(25)5-4-6-18(19)26/h4-8,13-15,20H,9-12H2,1-3H3. The fourth-order valence-corrected chi connectivity index (χ4v) is 4.62. The summed E-state index contributed by atoms with van der Waals surface area (Å²) in [6.07, 6.45) is 2.27. The molecule has 10 heteroatoms. The number of halogens is 2. The maximum atomic E-state index is 14.4. The van der Waals surface area contributed by atoms with Gasteiger partial charge in [0.25, 0.3) is 0 Å². The molecule has 2 aliphatic rings. The number of aromatic nitrogens is 3. The lowest BCUT2D eigenvalue weighted by molar-refractivity contribution is -0.112. The van der Waals surface area contributed by atoms with Gasteiger partial charge in [-0.25, -0.2) is 23.5 Å². The Kier molecular flexibility index (Phi) is 5.63. The Bertz CT molecular complexity index is 1190. The second-order valence-corrected chi connectivity index (χ2v) is 9.70. The molecule has 0 spiro atoms.